The summed E-state index contributed by atoms with van der Waals surface area (Å²) in [5.41, 5.74) is 3.19. The highest BCUT2D eigenvalue weighted by atomic mass is 16.5. The van der Waals surface area contributed by atoms with Crippen molar-refractivity contribution in [2.75, 3.05) is 28.4 Å². The van der Waals surface area contributed by atoms with E-state index in [0.717, 1.165) is 51.2 Å². The molecule has 0 radical (unpaired) electrons. The van der Waals surface area contributed by atoms with E-state index < -0.39 is 0 Å². The SMILES string of the molecule is C=C(C)C1CC2=C(O1)[NH+](C)C1C(OC)=CC(OC)=CC1=C2OC. The number of hydrogen-bond acceptors (Lipinski definition) is 4. The number of methoxy groups -OCH3 is 3. The topological polar surface area (TPSA) is 41.4 Å². The predicted octanol–water partition coefficient (Wildman–Crippen LogP) is 1.43. The number of rotatable bonds is 4. The van der Waals surface area contributed by atoms with Gasteiger partial charge in [-0.25, -0.2) is 0 Å². The van der Waals surface area contributed by atoms with Crippen molar-refractivity contribution in [2.45, 2.75) is 25.5 Å². The number of ether oxygens (including phenoxy) is 4. The highest BCUT2D eigenvalue weighted by Crippen LogP contribution is 2.38. The molecule has 1 N–H and O–H groups in total. The number of fused-ring (bicyclic) bond motifs is 1. The van der Waals surface area contributed by atoms with Gasteiger partial charge in [-0.2, -0.15) is 0 Å². The van der Waals surface area contributed by atoms with E-state index in [-0.39, 0.29) is 12.1 Å². The van der Waals surface area contributed by atoms with E-state index in [1.807, 2.05) is 19.1 Å². The lowest BCUT2D eigenvalue weighted by atomic mass is 9.90. The first-order valence-corrected chi connectivity index (χ1v) is 7.70. The standard InChI is InChI=1S/C18H23NO4/c1-10(2)14-9-13-17(22-6)12-7-11(20-4)8-15(21-5)16(12)19(3)18(13)23-14/h7-8,14,16H,1,9H2,2-6H3/p+1. The van der Waals surface area contributed by atoms with Gasteiger partial charge in [0.05, 0.1) is 39.5 Å². The van der Waals surface area contributed by atoms with Gasteiger partial charge < -0.3 is 18.9 Å². The smallest absolute Gasteiger partial charge is 0.298 e. The van der Waals surface area contributed by atoms with Gasteiger partial charge in [-0.1, -0.05) is 6.58 Å². The molecule has 2 heterocycles. The van der Waals surface area contributed by atoms with Gasteiger partial charge in [-0.15, -0.1) is 0 Å². The van der Waals surface area contributed by atoms with Crippen LogP contribution in [-0.4, -0.2) is 40.5 Å². The molecule has 0 aromatic carbocycles. The van der Waals surface area contributed by atoms with Gasteiger partial charge in [0, 0.05) is 12.5 Å². The minimum absolute atomic E-state index is 0.00158. The van der Waals surface area contributed by atoms with Crippen LogP contribution in [0.25, 0.3) is 0 Å². The second-order valence-corrected chi connectivity index (χ2v) is 6.07. The number of allylic oxidation sites excluding steroid dienone is 2. The number of quaternary nitrogens is 1. The van der Waals surface area contributed by atoms with Crippen LogP contribution >= 0.6 is 0 Å². The monoisotopic (exact) mass is 318 g/mol. The normalized spacial score (nSPS) is 29.2. The first-order valence-electron chi connectivity index (χ1n) is 7.70. The third-order valence-corrected chi connectivity index (χ3v) is 4.65. The molecule has 0 saturated heterocycles. The molecule has 5 nitrogen and oxygen atoms in total. The molecule has 0 saturated carbocycles. The van der Waals surface area contributed by atoms with E-state index in [9.17, 15) is 0 Å². The van der Waals surface area contributed by atoms with Crippen molar-refractivity contribution < 1.29 is 23.8 Å². The van der Waals surface area contributed by atoms with Crippen molar-refractivity contribution in [3.8, 4) is 0 Å². The van der Waals surface area contributed by atoms with E-state index >= 15 is 0 Å². The van der Waals surface area contributed by atoms with Crippen LogP contribution in [0.3, 0.4) is 0 Å². The summed E-state index contributed by atoms with van der Waals surface area (Å²) in [7, 11) is 7.12. The number of likely N-dealkylation sites (N-methyl/N-ethyl adjacent to an activating group) is 1. The lowest BCUT2D eigenvalue weighted by Gasteiger charge is -2.33. The van der Waals surface area contributed by atoms with Gasteiger partial charge >= 0.3 is 0 Å². The highest BCUT2D eigenvalue weighted by Gasteiger charge is 2.47. The average molecular weight is 318 g/mol. The maximum Gasteiger partial charge on any atom is 0.298 e. The summed E-state index contributed by atoms with van der Waals surface area (Å²) in [5, 5.41) is 0. The molecule has 3 atom stereocenters. The van der Waals surface area contributed by atoms with Crippen LogP contribution in [0.5, 0.6) is 0 Å². The van der Waals surface area contributed by atoms with E-state index in [2.05, 4.69) is 13.6 Å². The zero-order chi connectivity index (χ0) is 16.7. The van der Waals surface area contributed by atoms with Crippen molar-refractivity contribution in [3.05, 3.63) is 58.6 Å². The van der Waals surface area contributed by atoms with E-state index in [0.29, 0.717) is 0 Å². The molecule has 0 spiro atoms. The molecule has 0 aromatic heterocycles. The van der Waals surface area contributed by atoms with E-state index in [1.165, 1.54) is 0 Å². The molecular weight excluding hydrogens is 294 g/mol. The van der Waals surface area contributed by atoms with Crippen molar-refractivity contribution in [3.63, 3.8) is 0 Å². The maximum absolute atomic E-state index is 6.16. The minimum Gasteiger partial charge on any atom is -0.497 e. The molecule has 1 aliphatic carbocycles. The van der Waals surface area contributed by atoms with Gasteiger partial charge in [-0.05, 0) is 18.6 Å². The number of hydrogen-bond donors (Lipinski definition) is 1. The van der Waals surface area contributed by atoms with Crippen LogP contribution in [0.4, 0.5) is 0 Å². The summed E-state index contributed by atoms with van der Waals surface area (Å²) in [6, 6.07) is -0.00327. The summed E-state index contributed by atoms with van der Waals surface area (Å²) >= 11 is 0. The van der Waals surface area contributed by atoms with Crippen molar-refractivity contribution in [2.24, 2.45) is 0 Å². The summed E-state index contributed by atoms with van der Waals surface area (Å²) in [6.45, 7) is 6.03. The molecule has 0 aromatic rings. The van der Waals surface area contributed by atoms with Gasteiger partial charge in [0.1, 0.15) is 17.6 Å². The van der Waals surface area contributed by atoms with Crippen LogP contribution < -0.4 is 4.90 Å². The van der Waals surface area contributed by atoms with E-state index in [1.54, 1.807) is 21.3 Å². The Morgan fingerprint density at radius 1 is 1.22 bits per heavy atom. The Morgan fingerprint density at radius 2 is 1.96 bits per heavy atom. The molecule has 0 bridgehead atoms. The van der Waals surface area contributed by atoms with Crippen molar-refractivity contribution >= 4 is 0 Å². The zero-order valence-corrected chi connectivity index (χ0v) is 14.4. The van der Waals surface area contributed by atoms with Gasteiger partial charge in [0.15, 0.2) is 11.8 Å². The predicted molar refractivity (Wildman–Crippen MR) is 86.2 cm³/mol. The zero-order valence-electron chi connectivity index (χ0n) is 14.4. The molecule has 0 fully saturated rings. The molecule has 3 aliphatic rings. The Balaban J connectivity index is 2.11. The van der Waals surface area contributed by atoms with Crippen LogP contribution in [0.1, 0.15) is 13.3 Å². The van der Waals surface area contributed by atoms with Crippen LogP contribution in [0.15, 0.2) is 58.6 Å². The molecule has 124 valence electrons. The van der Waals surface area contributed by atoms with Crippen LogP contribution in [0, 0.1) is 0 Å². The summed E-state index contributed by atoms with van der Waals surface area (Å²) in [6.07, 6.45) is 4.72. The summed E-state index contributed by atoms with van der Waals surface area (Å²) in [5.74, 6) is 3.37. The van der Waals surface area contributed by atoms with Gasteiger partial charge in [0.2, 0.25) is 0 Å². The highest BCUT2D eigenvalue weighted by molar-refractivity contribution is 5.50. The molecule has 3 rings (SSSR count). The Bertz CT molecular complexity index is 669. The lowest BCUT2D eigenvalue weighted by Crippen LogP contribution is -3.12. The van der Waals surface area contributed by atoms with Gasteiger partial charge in [0.25, 0.3) is 5.88 Å². The van der Waals surface area contributed by atoms with Crippen molar-refractivity contribution in [1.82, 2.24) is 0 Å². The van der Waals surface area contributed by atoms with Gasteiger partial charge in [-0.3, -0.25) is 4.90 Å². The Hall–Kier alpha value is -2.14. The van der Waals surface area contributed by atoms with Crippen LogP contribution in [0.2, 0.25) is 0 Å². The quantitative estimate of drug-likeness (QED) is 0.797. The largest absolute Gasteiger partial charge is 0.497 e. The Kier molecular flexibility index (Phi) is 3.98. The minimum atomic E-state index is -0.00327. The fourth-order valence-corrected chi connectivity index (χ4v) is 3.47. The number of nitrogens with one attached hydrogen (secondary N) is 1. The van der Waals surface area contributed by atoms with Crippen molar-refractivity contribution in [1.29, 1.82) is 0 Å². The maximum atomic E-state index is 6.16. The Labute approximate surface area is 137 Å². The molecular formula is C18H24NO4+. The molecule has 23 heavy (non-hydrogen) atoms. The fourth-order valence-electron chi connectivity index (χ4n) is 3.47. The summed E-state index contributed by atoms with van der Waals surface area (Å²) in [4.78, 5) is 1.14. The second-order valence-electron chi connectivity index (χ2n) is 6.07. The average Bonchev–Trinajstić information content (AvgIpc) is 2.99. The molecule has 2 aliphatic heterocycles. The molecule has 5 heteroatoms. The third-order valence-electron chi connectivity index (χ3n) is 4.65. The van der Waals surface area contributed by atoms with Crippen LogP contribution in [-0.2, 0) is 18.9 Å². The Morgan fingerprint density at radius 3 is 2.52 bits per heavy atom. The first kappa shape index (κ1) is 15.7. The molecule has 0 amide bonds. The third kappa shape index (κ3) is 2.36. The molecule has 3 unspecified atom stereocenters. The fraction of sp³-hybridized carbons (Fsp3) is 0.444. The van der Waals surface area contributed by atoms with E-state index in [4.69, 9.17) is 18.9 Å². The first-order chi connectivity index (χ1) is 11.0. The second kappa shape index (κ2) is 5.81. The lowest BCUT2D eigenvalue weighted by molar-refractivity contribution is -0.874. The summed E-state index contributed by atoms with van der Waals surface area (Å²) < 4.78 is 22.9.